The van der Waals surface area contributed by atoms with Crippen molar-refractivity contribution in [3.63, 3.8) is 0 Å². The first-order valence-electron chi connectivity index (χ1n) is 14.3. The van der Waals surface area contributed by atoms with Crippen molar-refractivity contribution in [2.24, 2.45) is 0 Å². The average molecular weight is 587 g/mol. The Morgan fingerprint density at radius 2 is 1.76 bits per heavy atom. The third-order valence-corrected chi connectivity index (χ3v) is 8.52. The predicted octanol–water partition coefficient (Wildman–Crippen LogP) is 6.55. The van der Waals surface area contributed by atoms with Crippen LogP contribution in [0.25, 0.3) is 16.9 Å². The lowest BCUT2D eigenvalue weighted by Crippen LogP contribution is -2.42. The van der Waals surface area contributed by atoms with Crippen molar-refractivity contribution >= 4 is 29.4 Å². The van der Waals surface area contributed by atoms with Gasteiger partial charge in [0.15, 0.2) is 0 Å². The Balaban J connectivity index is 1.68. The maximum atomic E-state index is 14.0. The van der Waals surface area contributed by atoms with E-state index in [4.69, 9.17) is 9.84 Å². The second kappa shape index (κ2) is 13.7. The fourth-order valence-corrected chi connectivity index (χ4v) is 6.42. The van der Waals surface area contributed by atoms with Crippen molar-refractivity contribution in [3.8, 4) is 22.7 Å². The van der Waals surface area contributed by atoms with Gasteiger partial charge in [-0.05, 0) is 36.8 Å². The van der Waals surface area contributed by atoms with Crippen LogP contribution in [0.15, 0.2) is 78.9 Å². The third-order valence-electron chi connectivity index (χ3n) is 7.28. The highest BCUT2D eigenvalue weighted by Gasteiger charge is 2.38. The number of hydrogen-bond donors (Lipinski definition) is 1. The van der Waals surface area contributed by atoms with E-state index >= 15 is 0 Å². The van der Waals surface area contributed by atoms with Gasteiger partial charge in [0.25, 0.3) is 0 Å². The number of methoxy groups -OCH3 is 1. The molecule has 0 bridgehead atoms. The monoisotopic (exact) mass is 586 g/mol. The summed E-state index contributed by atoms with van der Waals surface area (Å²) in [6, 6.07) is 23.5. The van der Waals surface area contributed by atoms with E-state index < -0.39 is 0 Å². The van der Waals surface area contributed by atoms with Gasteiger partial charge in [-0.3, -0.25) is 14.5 Å². The number of hydrogen-bond acceptors (Lipinski definition) is 5. The van der Waals surface area contributed by atoms with Crippen molar-refractivity contribution in [2.75, 3.05) is 30.9 Å². The minimum absolute atomic E-state index is 0.152. The lowest BCUT2D eigenvalue weighted by atomic mass is 9.99. The van der Waals surface area contributed by atoms with Crippen LogP contribution in [0.1, 0.15) is 49.0 Å². The number of halogens is 1. The van der Waals surface area contributed by atoms with Gasteiger partial charge in [-0.25, -0.2) is 9.07 Å². The van der Waals surface area contributed by atoms with E-state index in [1.807, 2.05) is 54.6 Å². The molecule has 0 fully saturated rings. The fraction of sp³-hybridized carbons (Fsp3) is 0.303. The zero-order chi connectivity index (χ0) is 29.5. The summed E-state index contributed by atoms with van der Waals surface area (Å²) in [5, 5.41) is 7.70. The number of aromatic nitrogens is 2. The van der Waals surface area contributed by atoms with Crippen LogP contribution < -0.4 is 15.0 Å². The van der Waals surface area contributed by atoms with E-state index in [0.29, 0.717) is 29.5 Å². The lowest BCUT2D eigenvalue weighted by molar-refractivity contribution is -0.122. The van der Waals surface area contributed by atoms with Crippen LogP contribution in [0.2, 0.25) is 0 Å². The molecular weight excluding hydrogens is 551 g/mol. The summed E-state index contributed by atoms with van der Waals surface area (Å²) in [4.78, 5) is 28.6. The molecule has 2 heterocycles. The number of nitrogens with one attached hydrogen (secondary N) is 1. The van der Waals surface area contributed by atoms with Crippen LogP contribution in [0, 0.1) is 5.82 Å². The van der Waals surface area contributed by atoms with Gasteiger partial charge in [0.2, 0.25) is 11.8 Å². The molecule has 3 aromatic carbocycles. The summed E-state index contributed by atoms with van der Waals surface area (Å²) in [5.74, 6) is 0.520. The Labute approximate surface area is 250 Å². The molecule has 9 heteroatoms. The van der Waals surface area contributed by atoms with Gasteiger partial charge in [0.05, 0.1) is 29.5 Å². The van der Waals surface area contributed by atoms with Gasteiger partial charge >= 0.3 is 0 Å². The van der Waals surface area contributed by atoms with Crippen LogP contribution in [-0.4, -0.2) is 47.5 Å². The Morgan fingerprint density at radius 3 is 2.50 bits per heavy atom. The molecule has 218 valence electrons. The summed E-state index contributed by atoms with van der Waals surface area (Å²) < 4.78 is 21.4. The van der Waals surface area contributed by atoms with Crippen LogP contribution in [-0.2, 0) is 9.59 Å². The standard InChI is InChI=1S/C33H35FN4O3S/c1-3-4-5-11-20-35-28(39)21-37-29(40)22-42-32(26-14-9-10-15-27(26)41-2)30-31(23-12-7-6-8-13-23)36-38(33(30)37)25-18-16-24(34)17-19-25/h6-10,12-19,32H,3-5,11,20-22H2,1-2H3,(H,35,39). The highest BCUT2D eigenvalue weighted by molar-refractivity contribution is 8.00. The van der Waals surface area contributed by atoms with Gasteiger partial charge in [0, 0.05) is 23.2 Å². The number of amides is 2. The van der Waals surface area contributed by atoms with Gasteiger partial charge in [-0.2, -0.15) is 5.10 Å². The van der Waals surface area contributed by atoms with Gasteiger partial charge in [-0.1, -0.05) is 74.7 Å². The van der Waals surface area contributed by atoms with Gasteiger partial charge in [-0.15, -0.1) is 11.8 Å². The molecule has 1 unspecified atom stereocenters. The number of unbranched alkanes of at least 4 members (excludes halogenated alkanes) is 3. The van der Waals surface area contributed by atoms with E-state index in [2.05, 4.69) is 12.2 Å². The van der Waals surface area contributed by atoms with E-state index in [0.717, 1.165) is 42.4 Å². The van der Waals surface area contributed by atoms with Crippen molar-refractivity contribution in [1.82, 2.24) is 15.1 Å². The molecule has 7 nitrogen and oxygen atoms in total. The normalized spacial score (nSPS) is 14.8. The number of carbonyl (C=O) groups is 2. The van der Waals surface area contributed by atoms with Crippen LogP contribution in [0.5, 0.6) is 5.75 Å². The molecule has 42 heavy (non-hydrogen) atoms. The van der Waals surface area contributed by atoms with E-state index in [-0.39, 0.29) is 35.2 Å². The molecule has 0 saturated carbocycles. The zero-order valence-corrected chi connectivity index (χ0v) is 24.7. The molecule has 4 aromatic rings. The lowest BCUT2D eigenvalue weighted by Gasteiger charge is -2.23. The first-order chi connectivity index (χ1) is 20.5. The zero-order valence-electron chi connectivity index (χ0n) is 23.9. The van der Waals surface area contributed by atoms with Crippen molar-refractivity contribution in [1.29, 1.82) is 0 Å². The molecule has 1 aliphatic rings. The topological polar surface area (TPSA) is 76.5 Å². The second-order valence-electron chi connectivity index (χ2n) is 10.2. The second-order valence-corrected chi connectivity index (χ2v) is 11.3. The molecule has 2 amide bonds. The molecule has 1 N–H and O–H groups in total. The SMILES string of the molecule is CCCCCCNC(=O)CN1C(=O)CSC(c2ccccc2OC)c2c(-c3ccccc3)nn(-c3ccc(F)cc3)c21. The van der Waals surface area contributed by atoms with Crippen molar-refractivity contribution in [2.45, 2.75) is 37.9 Å². The Bertz CT molecular complexity index is 1520. The first kappa shape index (κ1) is 29.4. The van der Waals surface area contributed by atoms with Gasteiger partial charge in [0.1, 0.15) is 23.9 Å². The maximum absolute atomic E-state index is 14.0. The minimum atomic E-state index is -0.377. The number of rotatable bonds is 11. The van der Waals surface area contributed by atoms with E-state index in [1.165, 1.54) is 28.8 Å². The van der Waals surface area contributed by atoms with Crippen LogP contribution in [0.4, 0.5) is 10.2 Å². The molecule has 5 rings (SSSR count). The number of nitrogens with zero attached hydrogens (tertiary/aromatic N) is 3. The summed E-state index contributed by atoms with van der Waals surface area (Å²) in [7, 11) is 1.63. The predicted molar refractivity (Wildman–Crippen MR) is 166 cm³/mol. The van der Waals surface area contributed by atoms with Crippen LogP contribution >= 0.6 is 11.8 Å². The van der Waals surface area contributed by atoms with Crippen LogP contribution in [0.3, 0.4) is 0 Å². The van der Waals surface area contributed by atoms with E-state index in [1.54, 1.807) is 23.9 Å². The highest BCUT2D eigenvalue weighted by atomic mass is 32.2. The van der Waals surface area contributed by atoms with Crippen molar-refractivity contribution in [3.05, 3.63) is 95.8 Å². The number of carbonyl (C=O) groups excluding carboxylic acids is 2. The molecule has 0 spiro atoms. The number of ether oxygens (including phenoxy) is 1. The Kier molecular flexibility index (Phi) is 9.59. The summed E-state index contributed by atoms with van der Waals surface area (Å²) in [6.45, 7) is 2.55. The smallest absolute Gasteiger partial charge is 0.240 e. The Hall–Kier alpha value is -4.11. The van der Waals surface area contributed by atoms with Crippen molar-refractivity contribution < 1.29 is 18.7 Å². The maximum Gasteiger partial charge on any atom is 0.240 e. The summed E-state index contributed by atoms with van der Waals surface area (Å²) >= 11 is 1.48. The Morgan fingerprint density at radius 1 is 1.02 bits per heavy atom. The largest absolute Gasteiger partial charge is 0.496 e. The average Bonchev–Trinajstić information content (AvgIpc) is 3.34. The quantitative estimate of drug-likeness (QED) is 0.202. The third kappa shape index (κ3) is 6.36. The number of para-hydroxylation sites is 1. The van der Waals surface area contributed by atoms with E-state index in [9.17, 15) is 14.0 Å². The number of thioether (sulfide) groups is 1. The number of benzene rings is 3. The molecule has 1 aromatic heterocycles. The minimum Gasteiger partial charge on any atom is -0.496 e. The highest BCUT2D eigenvalue weighted by Crippen LogP contribution is 2.50. The molecular formula is C33H35FN4O3S. The molecule has 1 aliphatic heterocycles. The summed E-state index contributed by atoms with van der Waals surface area (Å²) in [5.41, 5.74) is 3.82. The fourth-order valence-electron chi connectivity index (χ4n) is 5.20. The molecule has 0 aliphatic carbocycles. The van der Waals surface area contributed by atoms with Gasteiger partial charge < -0.3 is 10.1 Å². The molecule has 0 saturated heterocycles. The molecule has 0 radical (unpaired) electrons. The summed E-state index contributed by atoms with van der Waals surface area (Å²) in [6.07, 6.45) is 4.15. The number of anilines is 1. The molecule has 1 atom stereocenters. The number of fused-ring (bicyclic) bond motifs is 1. The first-order valence-corrected chi connectivity index (χ1v) is 15.3.